The van der Waals surface area contributed by atoms with Crippen LogP contribution in [0.25, 0.3) is 0 Å². The van der Waals surface area contributed by atoms with Gasteiger partial charge in [0, 0.05) is 19.5 Å². The molecule has 1 aromatic carbocycles. The first-order chi connectivity index (χ1) is 12.5. The van der Waals surface area contributed by atoms with Gasteiger partial charge in [0.25, 0.3) is 0 Å². The molecule has 0 aromatic heterocycles. The minimum absolute atomic E-state index is 0.0168. The van der Waals surface area contributed by atoms with E-state index in [2.05, 4.69) is 11.4 Å². The van der Waals surface area contributed by atoms with E-state index in [9.17, 15) is 9.59 Å². The predicted octanol–water partition coefficient (Wildman–Crippen LogP) is 3.38. The molecule has 1 aliphatic carbocycles. The van der Waals surface area contributed by atoms with Crippen LogP contribution in [-0.4, -0.2) is 44.0 Å². The summed E-state index contributed by atoms with van der Waals surface area (Å²) in [6.07, 6.45) is 7.76. The van der Waals surface area contributed by atoms with E-state index in [0.717, 1.165) is 19.3 Å². The number of rotatable bonds is 8. The molecule has 2 rings (SSSR count). The highest BCUT2D eigenvalue weighted by Crippen LogP contribution is 2.28. The van der Waals surface area contributed by atoms with E-state index in [0.29, 0.717) is 23.7 Å². The summed E-state index contributed by atoms with van der Waals surface area (Å²) in [6.45, 7) is 2.07. The lowest BCUT2D eigenvalue weighted by Crippen LogP contribution is -2.37. The van der Waals surface area contributed by atoms with Crippen LogP contribution in [0.2, 0.25) is 0 Å². The fourth-order valence-corrected chi connectivity index (χ4v) is 3.03. The SMILES string of the molecule is COc1ccc(OC)c(NC(=O)CN(CCC2=CCCCC2)C(C)=O)c1. The first-order valence-electron chi connectivity index (χ1n) is 8.98. The Bertz CT molecular complexity index is 670. The molecule has 142 valence electrons. The summed E-state index contributed by atoms with van der Waals surface area (Å²) in [5.41, 5.74) is 1.91. The zero-order valence-electron chi connectivity index (χ0n) is 15.8. The third-order valence-electron chi connectivity index (χ3n) is 4.55. The molecule has 0 fully saturated rings. The van der Waals surface area contributed by atoms with Gasteiger partial charge in [-0.25, -0.2) is 0 Å². The van der Waals surface area contributed by atoms with Crippen LogP contribution in [0, 0.1) is 0 Å². The van der Waals surface area contributed by atoms with Gasteiger partial charge in [0.15, 0.2) is 0 Å². The number of carbonyl (C=O) groups is 2. The van der Waals surface area contributed by atoms with Crippen molar-refractivity contribution in [1.82, 2.24) is 4.90 Å². The Labute approximate surface area is 155 Å². The zero-order chi connectivity index (χ0) is 18.9. The average Bonchev–Trinajstić information content (AvgIpc) is 2.65. The first kappa shape index (κ1) is 19.8. The lowest BCUT2D eigenvalue weighted by molar-refractivity contribution is -0.132. The van der Waals surface area contributed by atoms with Crippen molar-refractivity contribution >= 4 is 17.5 Å². The highest BCUT2D eigenvalue weighted by molar-refractivity contribution is 5.95. The third-order valence-corrected chi connectivity index (χ3v) is 4.55. The van der Waals surface area contributed by atoms with Crippen molar-refractivity contribution in [2.24, 2.45) is 0 Å². The van der Waals surface area contributed by atoms with Crippen molar-refractivity contribution in [3.63, 3.8) is 0 Å². The Morgan fingerprint density at radius 1 is 1.19 bits per heavy atom. The number of allylic oxidation sites excluding steroid dienone is 1. The summed E-state index contributed by atoms with van der Waals surface area (Å²) < 4.78 is 10.5. The Hall–Kier alpha value is -2.50. The number of carbonyl (C=O) groups excluding carboxylic acids is 2. The van der Waals surface area contributed by atoms with Gasteiger partial charge in [-0.2, -0.15) is 0 Å². The Kier molecular flexibility index (Phi) is 7.51. The molecule has 0 radical (unpaired) electrons. The van der Waals surface area contributed by atoms with E-state index in [1.54, 1.807) is 30.2 Å². The van der Waals surface area contributed by atoms with E-state index in [1.807, 2.05) is 0 Å². The van der Waals surface area contributed by atoms with Gasteiger partial charge in [-0.1, -0.05) is 11.6 Å². The summed E-state index contributed by atoms with van der Waals surface area (Å²) in [4.78, 5) is 25.9. The van der Waals surface area contributed by atoms with Crippen molar-refractivity contribution in [2.75, 3.05) is 32.6 Å². The quantitative estimate of drug-likeness (QED) is 0.722. The summed E-state index contributed by atoms with van der Waals surface area (Å²) in [5, 5.41) is 2.81. The molecule has 2 amide bonds. The van der Waals surface area contributed by atoms with Gasteiger partial charge in [0.2, 0.25) is 11.8 Å². The molecule has 6 nitrogen and oxygen atoms in total. The number of anilines is 1. The predicted molar refractivity (Wildman–Crippen MR) is 102 cm³/mol. The number of hydrogen-bond acceptors (Lipinski definition) is 4. The van der Waals surface area contributed by atoms with Gasteiger partial charge in [-0.05, 0) is 44.2 Å². The molecule has 0 aliphatic heterocycles. The number of amides is 2. The highest BCUT2D eigenvalue weighted by atomic mass is 16.5. The maximum atomic E-state index is 12.4. The van der Waals surface area contributed by atoms with E-state index in [4.69, 9.17) is 9.47 Å². The number of ether oxygens (including phenoxy) is 2. The molecule has 0 bridgehead atoms. The number of hydrogen-bond donors (Lipinski definition) is 1. The van der Waals surface area contributed by atoms with Gasteiger partial charge < -0.3 is 19.7 Å². The molecule has 1 N–H and O–H groups in total. The molecule has 0 saturated carbocycles. The van der Waals surface area contributed by atoms with Crippen LogP contribution >= 0.6 is 0 Å². The van der Waals surface area contributed by atoms with Gasteiger partial charge >= 0.3 is 0 Å². The maximum absolute atomic E-state index is 12.4. The largest absolute Gasteiger partial charge is 0.497 e. The molecule has 1 aliphatic rings. The second-order valence-corrected chi connectivity index (χ2v) is 6.41. The van der Waals surface area contributed by atoms with Crippen LogP contribution in [0.15, 0.2) is 29.8 Å². The van der Waals surface area contributed by atoms with Crippen molar-refractivity contribution < 1.29 is 19.1 Å². The molecule has 6 heteroatoms. The van der Waals surface area contributed by atoms with Crippen LogP contribution in [0.3, 0.4) is 0 Å². The van der Waals surface area contributed by atoms with Crippen molar-refractivity contribution in [3.8, 4) is 11.5 Å². The molecular weight excluding hydrogens is 332 g/mol. The van der Waals surface area contributed by atoms with Crippen molar-refractivity contribution in [1.29, 1.82) is 0 Å². The lowest BCUT2D eigenvalue weighted by atomic mass is 9.97. The van der Waals surface area contributed by atoms with Gasteiger partial charge in [0.05, 0.1) is 26.5 Å². The number of nitrogens with one attached hydrogen (secondary N) is 1. The molecule has 0 heterocycles. The van der Waals surface area contributed by atoms with Crippen LogP contribution in [0.4, 0.5) is 5.69 Å². The van der Waals surface area contributed by atoms with Gasteiger partial charge in [-0.3, -0.25) is 9.59 Å². The zero-order valence-corrected chi connectivity index (χ0v) is 15.8. The molecule has 0 saturated heterocycles. The van der Waals surface area contributed by atoms with E-state index < -0.39 is 0 Å². The van der Waals surface area contributed by atoms with Crippen molar-refractivity contribution in [2.45, 2.75) is 39.0 Å². The highest BCUT2D eigenvalue weighted by Gasteiger charge is 2.16. The lowest BCUT2D eigenvalue weighted by Gasteiger charge is -2.22. The second kappa shape index (κ2) is 9.85. The van der Waals surface area contributed by atoms with Crippen LogP contribution in [-0.2, 0) is 9.59 Å². The first-order valence-corrected chi connectivity index (χ1v) is 8.98. The van der Waals surface area contributed by atoms with Crippen LogP contribution in [0.5, 0.6) is 11.5 Å². The van der Waals surface area contributed by atoms with Crippen LogP contribution < -0.4 is 14.8 Å². The minimum atomic E-state index is -0.260. The van der Waals surface area contributed by atoms with Gasteiger partial charge in [-0.15, -0.1) is 0 Å². The van der Waals surface area contributed by atoms with E-state index in [-0.39, 0.29) is 18.4 Å². The smallest absolute Gasteiger partial charge is 0.244 e. The summed E-state index contributed by atoms with van der Waals surface area (Å²) >= 11 is 0. The summed E-state index contributed by atoms with van der Waals surface area (Å²) in [7, 11) is 3.10. The summed E-state index contributed by atoms with van der Waals surface area (Å²) in [5.74, 6) is 0.799. The normalized spacial score (nSPS) is 13.6. The molecule has 1 aromatic rings. The molecule has 0 unspecified atom stereocenters. The topological polar surface area (TPSA) is 67.9 Å². The monoisotopic (exact) mass is 360 g/mol. The minimum Gasteiger partial charge on any atom is -0.497 e. The molecule has 26 heavy (non-hydrogen) atoms. The number of benzene rings is 1. The van der Waals surface area contributed by atoms with Gasteiger partial charge in [0.1, 0.15) is 11.5 Å². The summed E-state index contributed by atoms with van der Waals surface area (Å²) in [6, 6.07) is 5.18. The van der Waals surface area contributed by atoms with Crippen LogP contribution in [0.1, 0.15) is 39.0 Å². The molecular formula is C20H28N2O4. The Morgan fingerprint density at radius 3 is 2.62 bits per heavy atom. The Morgan fingerprint density at radius 2 is 2.00 bits per heavy atom. The fourth-order valence-electron chi connectivity index (χ4n) is 3.03. The van der Waals surface area contributed by atoms with E-state index in [1.165, 1.54) is 32.4 Å². The molecule has 0 spiro atoms. The third kappa shape index (κ3) is 5.79. The van der Waals surface area contributed by atoms with Crippen molar-refractivity contribution in [3.05, 3.63) is 29.8 Å². The second-order valence-electron chi connectivity index (χ2n) is 6.41. The van der Waals surface area contributed by atoms with E-state index >= 15 is 0 Å². The fraction of sp³-hybridized carbons (Fsp3) is 0.500. The average molecular weight is 360 g/mol. The number of methoxy groups -OCH3 is 2. The number of nitrogens with zero attached hydrogens (tertiary/aromatic N) is 1. The standard InChI is InChI=1S/C20H28N2O4/c1-15(23)22(12-11-16-7-5-4-6-8-16)14-20(24)21-18-13-17(25-2)9-10-19(18)26-3/h7,9-10,13H,4-6,8,11-12,14H2,1-3H3,(H,21,24). The maximum Gasteiger partial charge on any atom is 0.244 e. The Balaban J connectivity index is 1.97. The molecule has 0 atom stereocenters.